The normalized spacial score (nSPS) is 18.8. The first-order valence-electron chi connectivity index (χ1n) is 6.26. The molecule has 1 aliphatic carbocycles. The second kappa shape index (κ2) is 5.05. The molecule has 2 nitrogen and oxygen atoms in total. The third-order valence-electron chi connectivity index (χ3n) is 3.49. The Balaban J connectivity index is 2.02. The summed E-state index contributed by atoms with van der Waals surface area (Å²) < 4.78 is 18.6. The average molecular weight is 237 g/mol. The van der Waals surface area contributed by atoms with Gasteiger partial charge >= 0.3 is 0 Å². The highest BCUT2D eigenvalue weighted by molar-refractivity contribution is 5.36. The summed E-state index contributed by atoms with van der Waals surface area (Å²) in [5.41, 5.74) is 1.38. The summed E-state index contributed by atoms with van der Waals surface area (Å²) in [6.07, 6.45) is 1.94. The van der Waals surface area contributed by atoms with Crippen molar-refractivity contribution in [2.75, 3.05) is 13.7 Å². The summed E-state index contributed by atoms with van der Waals surface area (Å²) in [5, 5.41) is 3.34. The highest BCUT2D eigenvalue weighted by Crippen LogP contribution is 2.45. The van der Waals surface area contributed by atoms with Gasteiger partial charge in [0.05, 0.1) is 0 Å². The third kappa shape index (κ3) is 2.78. The molecule has 17 heavy (non-hydrogen) atoms. The zero-order chi connectivity index (χ0) is 12.3. The van der Waals surface area contributed by atoms with Crippen LogP contribution in [-0.4, -0.2) is 19.8 Å². The number of hydrogen-bond acceptors (Lipinski definition) is 2. The Labute approximate surface area is 102 Å². The Bertz CT molecular complexity index is 376. The first-order chi connectivity index (χ1) is 8.20. The molecule has 1 N–H and O–H groups in total. The molecule has 1 atom stereocenters. The van der Waals surface area contributed by atoms with E-state index in [1.54, 1.807) is 0 Å². The minimum atomic E-state index is -0.877. The van der Waals surface area contributed by atoms with Crippen LogP contribution in [0.2, 0.25) is 0 Å². The van der Waals surface area contributed by atoms with E-state index < -0.39 is 6.17 Å². The monoisotopic (exact) mass is 237 g/mol. The van der Waals surface area contributed by atoms with Crippen LogP contribution in [0.5, 0.6) is 5.75 Å². The summed E-state index contributed by atoms with van der Waals surface area (Å²) in [6.45, 7) is 1.97. The standard InChI is InChI=1S/C14H20FNO/c1-3-12(15)10-17-13-6-4-5-11(9-13)14(16-2)7-8-14/h4-6,9,12,16H,3,7-8,10H2,1-2H3. The van der Waals surface area contributed by atoms with Gasteiger partial charge in [0.2, 0.25) is 0 Å². The quantitative estimate of drug-likeness (QED) is 0.821. The van der Waals surface area contributed by atoms with Gasteiger partial charge in [-0.25, -0.2) is 4.39 Å². The Morgan fingerprint density at radius 1 is 1.47 bits per heavy atom. The number of benzene rings is 1. The summed E-state index contributed by atoms with van der Waals surface area (Å²) in [5.74, 6) is 0.764. The molecule has 0 amide bonds. The van der Waals surface area contributed by atoms with Crippen molar-refractivity contribution in [2.45, 2.75) is 37.9 Å². The van der Waals surface area contributed by atoms with Crippen LogP contribution in [0, 0.1) is 0 Å². The van der Waals surface area contributed by atoms with E-state index in [2.05, 4.69) is 11.4 Å². The van der Waals surface area contributed by atoms with Gasteiger partial charge in [0, 0.05) is 5.54 Å². The smallest absolute Gasteiger partial charge is 0.134 e. The number of hydrogen-bond donors (Lipinski definition) is 1. The van der Waals surface area contributed by atoms with E-state index in [4.69, 9.17) is 4.74 Å². The average Bonchev–Trinajstić information content (AvgIpc) is 3.17. The van der Waals surface area contributed by atoms with Crippen LogP contribution in [0.25, 0.3) is 0 Å². The molecule has 0 saturated heterocycles. The molecule has 2 rings (SSSR count). The van der Waals surface area contributed by atoms with Crippen molar-refractivity contribution in [1.82, 2.24) is 5.32 Å². The molecule has 0 aromatic heterocycles. The molecule has 1 unspecified atom stereocenters. The highest BCUT2D eigenvalue weighted by atomic mass is 19.1. The Morgan fingerprint density at radius 3 is 2.82 bits per heavy atom. The molecule has 1 saturated carbocycles. The zero-order valence-electron chi connectivity index (χ0n) is 10.5. The number of alkyl halides is 1. The van der Waals surface area contributed by atoms with Crippen molar-refractivity contribution in [2.24, 2.45) is 0 Å². The van der Waals surface area contributed by atoms with Gasteiger partial charge in [0.25, 0.3) is 0 Å². The van der Waals surface area contributed by atoms with Crippen LogP contribution in [0.4, 0.5) is 4.39 Å². The zero-order valence-corrected chi connectivity index (χ0v) is 10.5. The van der Waals surface area contributed by atoms with Crippen molar-refractivity contribution >= 4 is 0 Å². The lowest BCUT2D eigenvalue weighted by atomic mass is 10.1. The molecule has 0 bridgehead atoms. The lowest BCUT2D eigenvalue weighted by Gasteiger charge is -2.16. The van der Waals surface area contributed by atoms with Gasteiger partial charge in [-0.3, -0.25) is 0 Å². The second-order valence-electron chi connectivity index (χ2n) is 4.68. The maximum Gasteiger partial charge on any atom is 0.134 e. The summed E-state index contributed by atoms with van der Waals surface area (Å²) >= 11 is 0. The lowest BCUT2D eigenvalue weighted by molar-refractivity contribution is 0.191. The highest BCUT2D eigenvalue weighted by Gasteiger charge is 2.42. The molecule has 1 aromatic carbocycles. The molecule has 0 spiro atoms. The largest absolute Gasteiger partial charge is 0.491 e. The number of rotatable bonds is 6. The maximum atomic E-state index is 13.1. The van der Waals surface area contributed by atoms with E-state index >= 15 is 0 Å². The van der Waals surface area contributed by atoms with E-state index in [1.165, 1.54) is 5.56 Å². The first kappa shape index (κ1) is 12.4. The topological polar surface area (TPSA) is 21.3 Å². The first-order valence-corrected chi connectivity index (χ1v) is 6.26. The van der Waals surface area contributed by atoms with Crippen molar-refractivity contribution in [3.63, 3.8) is 0 Å². The minimum absolute atomic E-state index is 0.138. The van der Waals surface area contributed by atoms with Gasteiger partial charge in [-0.1, -0.05) is 19.1 Å². The maximum absolute atomic E-state index is 13.1. The van der Waals surface area contributed by atoms with E-state index in [0.717, 1.165) is 18.6 Å². The van der Waals surface area contributed by atoms with E-state index in [-0.39, 0.29) is 12.1 Å². The van der Waals surface area contributed by atoms with Gasteiger partial charge in [-0.15, -0.1) is 0 Å². The van der Waals surface area contributed by atoms with E-state index in [9.17, 15) is 4.39 Å². The SMILES string of the molecule is CCC(F)COc1cccc(C2(NC)CC2)c1. The molecule has 0 radical (unpaired) electrons. The van der Waals surface area contributed by atoms with Gasteiger partial charge in [0.15, 0.2) is 0 Å². The van der Waals surface area contributed by atoms with Crippen LogP contribution >= 0.6 is 0 Å². The molecular formula is C14H20FNO. The van der Waals surface area contributed by atoms with E-state index in [1.807, 2.05) is 32.2 Å². The van der Waals surface area contributed by atoms with Crippen LogP contribution in [0.3, 0.4) is 0 Å². The van der Waals surface area contributed by atoms with Gasteiger partial charge in [0.1, 0.15) is 18.5 Å². The molecule has 0 heterocycles. The van der Waals surface area contributed by atoms with Crippen molar-refractivity contribution < 1.29 is 9.13 Å². The van der Waals surface area contributed by atoms with Crippen LogP contribution < -0.4 is 10.1 Å². The predicted molar refractivity (Wildman–Crippen MR) is 67.1 cm³/mol. The Hall–Kier alpha value is -1.09. The van der Waals surface area contributed by atoms with Crippen LogP contribution in [0.15, 0.2) is 24.3 Å². The summed E-state index contributed by atoms with van der Waals surface area (Å²) in [4.78, 5) is 0. The number of ether oxygens (including phenoxy) is 1. The van der Waals surface area contributed by atoms with E-state index in [0.29, 0.717) is 6.42 Å². The van der Waals surface area contributed by atoms with Gasteiger partial charge in [-0.2, -0.15) is 0 Å². The molecular weight excluding hydrogens is 217 g/mol. The van der Waals surface area contributed by atoms with Crippen molar-refractivity contribution in [3.8, 4) is 5.75 Å². The third-order valence-corrected chi connectivity index (χ3v) is 3.49. The fourth-order valence-electron chi connectivity index (χ4n) is 2.00. The fraction of sp³-hybridized carbons (Fsp3) is 0.571. The fourth-order valence-corrected chi connectivity index (χ4v) is 2.00. The predicted octanol–water partition coefficient (Wildman–Crippen LogP) is 3.02. The molecule has 3 heteroatoms. The Kier molecular flexibility index (Phi) is 3.67. The molecule has 94 valence electrons. The number of halogens is 1. The lowest BCUT2D eigenvalue weighted by Crippen LogP contribution is -2.24. The molecule has 1 aliphatic rings. The van der Waals surface area contributed by atoms with Gasteiger partial charge < -0.3 is 10.1 Å². The molecule has 0 aliphatic heterocycles. The summed E-state index contributed by atoms with van der Waals surface area (Å²) in [6, 6.07) is 7.98. The second-order valence-corrected chi connectivity index (χ2v) is 4.68. The minimum Gasteiger partial charge on any atom is -0.491 e. The van der Waals surface area contributed by atoms with Crippen LogP contribution in [-0.2, 0) is 5.54 Å². The number of nitrogens with one attached hydrogen (secondary N) is 1. The van der Waals surface area contributed by atoms with Crippen molar-refractivity contribution in [1.29, 1.82) is 0 Å². The Morgan fingerprint density at radius 2 is 2.24 bits per heavy atom. The molecule has 1 fully saturated rings. The van der Waals surface area contributed by atoms with Crippen molar-refractivity contribution in [3.05, 3.63) is 29.8 Å². The molecule has 1 aromatic rings. The van der Waals surface area contributed by atoms with Crippen LogP contribution in [0.1, 0.15) is 31.7 Å². The summed E-state index contributed by atoms with van der Waals surface area (Å²) in [7, 11) is 1.98. The van der Waals surface area contributed by atoms with Gasteiger partial charge in [-0.05, 0) is 44.0 Å².